The monoisotopic (exact) mass is 741 g/mol. The summed E-state index contributed by atoms with van der Waals surface area (Å²) in [5.41, 5.74) is 18.2. The van der Waals surface area contributed by atoms with Crippen LogP contribution in [0.25, 0.3) is 60.5 Å². The van der Waals surface area contributed by atoms with Gasteiger partial charge in [-0.15, -0.1) is 0 Å². The van der Waals surface area contributed by atoms with Crippen LogP contribution in [0.2, 0.25) is 0 Å². The molecule has 0 N–H and O–H groups in total. The molecule has 0 saturated carbocycles. The van der Waals surface area contributed by atoms with Crippen LogP contribution in [0.4, 0.5) is 34.1 Å². The van der Waals surface area contributed by atoms with Crippen molar-refractivity contribution in [2.75, 3.05) is 9.80 Å². The molecule has 0 fully saturated rings. The minimum absolute atomic E-state index is 0.138. The number of para-hydroxylation sites is 4. The van der Waals surface area contributed by atoms with Gasteiger partial charge in [0.25, 0.3) is 0 Å². The first-order valence-corrected chi connectivity index (χ1v) is 20.2. The third-order valence-electron chi connectivity index (χ3n) is 12.7. The van der Waals surface area contributed by atoms with Gasteiger partial charge < -0.3 is 14.4 Å². The van der Waals surface area contributed by atoms with Gasteiger partial charge in [0.15, 0.2) is 0 Å². The zero-order valence-electron chi connectivity index (χ0n) is 32.4. The van der Waals surface area contributed by atoms with Crippen molar-refractivity contribution in [3.8, 4) is 27.9 Å². The van der Waals surface area contributed by atoms with Crippen LogP contribution >= 0.6 is 0 Å². The quantitative estimate of drug-likeness (QED) is 0.174. The van der Waals surface area contributed by atoms with E-state index in [0.717, 1.165) is 28.4 Å². The Labute approximate surface area is 338 Å². The maximum absolute atomic E-state index is 2.50. The number of hydrogen-bond acceptors (Lipinski definition) is 2. The summed E-state index contributed by atoms with van der Waals surface area (Å²) < 4.78 is 2.39. The van der Waals surface area contributed by atoms with Crippen LogP contribution in [0.1, 0.15) is 25.0 Å². The number of rotatable bonds is 5. The summed E-state index contributed by atoms with van der Waals surface area (Å²) in [6, 6.07) is 73.7. The fourth-order valence-corrected chi connectivity index (χ4v) is 10.1. The van der Waals surface area contributed by atoms with Crippen LogP contribution in [-0.4, -0.2) is 4.57 Å². The van der Waals surface area contributed by atoms with Gasteiger partial charge in [-0.3, -0.25) is 0 Å². The van der Waals surface area contributed by atoms with Gasteiger partial charge in [-0.2, -0.15) is 0 Å². The van der Waals surface area contributed by atoms with E-state index >= 15 is 0 Å². The highest BCUT2D eigenvalue weighted by Gasteiger charge is 2.36. The Balaban J connectivity index is 1.14. The van der Waals surface area contributed by atoms with Crippen molar-refractivity contribution in [1.29, 1.82) is 0 Å². The highest BCUT2D eigenvalue weighted by Crippen LogP contribution is 2.55. The summed E-state index contributed by atoms with van der Waals surface area (Å²) in [6.07, 6.45) is 0. The zero-order chi connectivity index (χ0) is 38.5. The SMILES string of the molecule is CC1(C)c2ccccc2-c2ccc(N(c3ccc4c(c3)c3ccccc3n4-c3ccccc3)c3ccc4c5c(cccc35)N(c3ccccc3)c3ccccc3-4)cc21. The second-order valence-electron chi connectivity index (χ2n) is 16.1. The third kappa shape index (κ3) is 4.62. The van der Waals surface area contributed by atoms with Gasteiger partial charge in [0.05, 0.1) is 28.1 Å². The lowest BCUT2D eigenvalue weighted by molar-refractivity contribution is 0.660. The van der Waals surface area contributed by atoms with E-state index in [1.807, 2.05) is 0 Å². The Morgan fingerprint density at radius 3 is 1.84 bits per heavy atom. The molecule has 274 valence electrons. The Morgan fingerprint density at radius 2 is 1.00 bits per heavy atom. The lowest BCUT2D eigenvalue weighted by Gasteiger charge is -2.35. The van der Waals surface area contributed by atoms with E-state index in [-0.39, 0.29) is 5.41 Å². The molecule has 2 aliphatic rings. The number of nitrogens with zero attached hydrogens (tertiary/aromatic N) is 3. The molecule has 0 spiro atoms. The molecule has 1 aliphatic heterocycles. The smallest absolute Gasteiger partial charge is 0.0547 e. The van der Waals surface area contributed by atoms with Crippen LogP contribution in [0.5, 0.6) is 0 Å². The van der Waals surface area contributed by atoms with Crippen molar-refractivity contribution < 1.29 is 0 Å². The highest BCUT2D eigenvalue weighted by molar-refractivity contribution is 6.18. The largest absolute Gasteiger partial charge is 0.310 e. The van der Waals surface area contributed by atoms with Gasteiger partial charge in [-0.1, -0.05) is 135 Å². The second kappa shape index (κ2) is 12.3. The van der Waals surface area contributed by atoms with Gasteiger partial charge in [0.1, 0.15) is 0 Å². The van der Waals surface area contributed by atoms with Crippen LogP contribution in [0.15, 0.2) is 200 Å². The maximum Gasteiger partial charge on any atom is 0.0547 e. The summed E-state index contributed by atoms with van der Waals surface area (Å²) >= 11 is 0. The molecule has 12 rings (SSSR count). The fraction of sp³-hybridized carbons (Fsp3) is 0.0545. The number of anilines is 6. The van der Waals surface area contributed by atoms with Gasteiger partial charge in [0, 0.05) is 55.3 Å². The van der Waals surface area contributed by atoms with Gasteiger partial charge in [-0.25, -0.2) is 0 Å². The van der Waals surface area contributed by atoms with E-state index in [4.69, 9.17) is 0 Å². The normalized spacial score (nSPS) is 13.4. The average Bonchev–Trinajstić information content (AvgIpc) is 3.73. The second-order valence-corrected chi connectivity index (χ2v) is 16.1. The molecule has 0 amide bonds. The lowest BCUT2D eigenvalue weighted by atomic mass is 9.82. The first-order chi connectivity index (χ1) is 28.6. The fourth-order valence-electron chi connectivity index (χ4n) is 10.1. The van der Waals surface area contributed by atoms with Gasteiger partial charge >= 0.3 is 0 Å². The molecule has 0 saturated heterocycles. The Hall–Kier alpha value is -7.36. The van der Waals surface area contributed by atoms with Crippen LogP contribution in [-0.2, 0) is 5.41 Å². The first kappa shape index (κ1) is 32.8. The first-order valence-electron chi connectivity index (χ1n) is 20.2. The van der Waals surface area contributed by atoms with Gasteiger partial charge in [-0.05, 0) is 107 Å². The van der Waals surface area contributed by atoms with E-state index in [1.165, 1.54) is 77.3 Å². The molecule has 2 heterocycles. The van der Waals surface area contributed by atoms with Crippen molar-refractivity contribution in [2.45, 2.75) is 19.3 Å². The maximum atomic E-state index is 2.50. The molecule has 58 heavy (non-hydrogen) atoms. The van der Waals surface area contributed by atoms with Crippen molar-refractivity contribution in [3.63, 3.8) is 0 Å². The average molecular weight is 742 g/mol. The van der Waals surface area contributed by atoms with E-state index in [9.17, 15) is 0 Å². The van der Waals surface area contributed by atoms with Crippen LogP contribution in [0, 0.1) is 0 Å². The van der Waals surface area contributed by atoms with Crippen LogP contribution < -0.4 is 9.80 Å². The molecule has 0 bridgehead atoms. The molecule has 10 aromatic rings. The van der Waals surface area contributed by atoms with Crippen molar-refractivity contribution in [1.82, 2.24) is 4.57 Å². The standard InChI is InChI=1S/C55H39N3/c1-55(2)47-24-12-9-20-40(47)41-30-28-39(35-48(41)55)56(38-29-32-52-46(34-38)43-22-11-14-26-50(43)57(52)36-16-5-3-6-17-36)51-33-31-44-42-21-10-13-25-49(42)58(37-18-7-4-8-19-37)53-27-15-23-45(51)54(44)53/h3-35H,1-2H3. The van der Waals surface area contributed by atoms with E-state index in [0.29, 0.717) is 0 Å². The predicted molar refractivity (Wildman–Crippen MR) is 244 cm³/mol. The molecule has 9 aromatic carbocycles. The van der Waals surface area contributed by atoms with Gasteiger partial charge in [0.2, 0.25) is 0 Å². The predicted octanol–water partition coefficient (Wildman–Crippen LogP) is 15.2. The van der Waals surface area contributed by atoms with E-state index in [2.05, 4.69) is 228 Å². The minimum atomic E-state index is -0.138. The summed E-state index contributed by atoms with van der Waals surface area (Å²) in [4.78, 5) is 4.93. The minimum Gasteiger partial charge on any atom is -0.310 e. The summed E-state index contributed by atoms with van der Waals surface area (Å²) in [7, 11) is 0. The number of benzene rings is 9. The number of fused-ring (bicyclic) bond motifs is 8. The van der Waals surface area contributed by atoms with E-state index < -0.39 is 0 Å². The molecule has 3 heteroatoms. The summed E-state index contributed by atoms with van der Waals surface area (Å²) in [6.45, 7) is 4.74. The Kier molecular flexibility index (Phi) is 6.98. The number of hydrogen-bond donors (Lipinski definition) is 0. The number of aromatic nitrogens is 1. The molecule has 1 aromatic heterocycles. The Morgan fingerprint density at radius 1 is 0.397 bits per heavy atom. The molecule has 0 atom stereocenters. The van der Waals surface area contributed by atoms with Crippen molar-refractivity contribution >= 4 is 66.7 Å². The molecule has 1 aliphatic carbocycles. The lowest BCUT2D eigenvalue weighted by Crippen LogP contribution is -2.17. The zero-order valence-corrected chi connectivity index (χ0v) is 32.4. The molecule has 0 radical (unpaired) electrons. The summed E-state index contributed by atoms with van der Waals surface area (Å²) in [5.74, 6) is 0. The topological polar surface area (TPSA) is 11.4 Å². The molecular formula is C55H39N3. The molecule has 3 nitrogen and oxygen atoms in total. The molecular weight excluding hydrogens is 703 g/mol. The Bertz CT molecular complexity index is 3270. The van der Waals surface area contributed by atoms with Crippen LogP contribution in [0.3, 0.4) is 0 Å². The third-order valence-corrected chi connectivity index (χ3v) is 12.7. The van der Waals surface area contributed by atoms with Crippen molar-refractivity contribution in [2.24, 2.45) is 0 Å². The van der Waals surface area contributed by atoms with E-state index in [1.54, 1.807) is 0 Å². The van der Waals surface area contributed by atoms with Crippen molar-refractivity contribution in [3.05, 3.63) is 211 Å². The summed E-state index contributed by atoms with van der Waals surface area (Å²) in [5, 5.41) is 4.92. The highest BCUT2D eigenvalue weighted by atomic mass is 15.2. The molecule has 0 unspecified atom stereocenters.